The number of halogens is 1. The number of aryl methyl sites for hydroxylation is 1. The Bertz CT molecular complexity index is 702. The molecule has 0 saturated carbocycles. The maximum Gasteiger partial charge on any atom is 0.325 e. The summed E-state index contributed by atoms with van der Waals surface area (Å²) in [6.45, 7) is 5.51. The predicted molar refractivity (Wildman–Crippen MR) is 82.0 cm³/mol. The second-order valence-corrected chi connectivity index (χ2v) is 5.51. The van der Waals surface area contributed by atoms with E-state index in [4.69, 9.17) is 9.26 Å². The number of hydrogen-bond donors (Lipinski definition) is 1. The Hall–Kier alpha value is -2.28. The lowest BCUT2D eigenvalue weighted by Gasteiger charge is -2.25. The molecule has 0 amide bonds. The van der Waals surface area contributed by atoms with E-state index < -0.39 is 5.54 Å². The third-order valence-corrected chi connectivity index (χ3v) is 3.87. The van der Waals surface area contributed by atoms with Crippen LogP contribution in [0.4, 0.5) is 4.39 Å². The molecule has 124 valence electrons. The minimum absolute atomic E-state index is 0.209. The highest BCUT2D eigenvalue weighted by Gasteiger charge is 2.32. The molecule has 0 spiro atoms. The molecule has 1 N–H and O–H groups in total. The number of hydrogen-bond acceptors (Lipinski definition) is 6. The van der Waals surface area contributed by atoms with E-state index in [1.54, 1.807) is 26.0 Å². The zero-order chi connectivity index (χ0) is 17.0. The van der Waals surface area contributed by atoms with E-state index >= 15 is 0 Å². The minimum atomic E-state index is -0.834. The van der Waals surface area contributed by atoms with E-state index in [9.17, 15) is 9.18 Å². The lowest BCUT2D eigenvalue weighted by atomic mass is 9.99. The summed E-state index contributed by atoms with van der Waals surface area (Å²) in [7, 11) is 1.34. The van der Waals surface area contributed by atoms with Gasteiger partial charge in [-0.1, -0.05) is 24.2 Å². The fourth-order valence-corrected chi connectivity index (χ4v) is 2.01. The monoisotopic (exact) mass is 321 g/mol. The van der Waals surface area contributed by atoms with Gasteiger partial charge in [0.05, 0.1) is 13.7 Å². The molecule has 0 unspecified atom stereocenters. The van der Waals surface area contributed by atoms with E-state index in [1.165, 1.54) is 13.2 Å². The molecule has 23 heavy (non-hydrogen) atoms. The van der Waals surface area contributed by atoms with Crippen LogP contribution in [-0.2, 0) is 16.1 Å². The van der Waals surface area contributed by atoms with Crippen LogP contribution in [0, 0.1) is 12.7 Å². The summed E-state index contributed by atoms with van der Waals surface area (Å²) >= 11 is 0. The van der Waals surface area contributed by atoms with Crippen LogP contribution < -0.4 is 5.32 Å². The van der Waals surface area contributed by atoms with E-state index in [-0.39, 0.29) is 18.3 Å². The summed E-state index contributed by atoms with van der Waals surface area (Å²) in [4.78, 5) is 16.0. The predicted octanol–water partition coefficient (Wildman–Crippen LogP) is 2.62. The topological polar surface area (TPSA) is 77.3 Å². The van der Waals surface area contributed by atoms with E-state index in [1.807, 2.05) is 6.92 Å². The van der Waals surface area contributed by atoms with Gasteiger partial charge in [0.25, 0.3) is 0 Å². The van der Waals surface area contributed by atoms with Gasteiger partial charge in [0, 0.05) is 5.56 Å². The fourth-order valence-electron chi connectivity index (χ4n) is 2.01. The molecule has 2 aromatic rings. The smallest absolute Gasteiger partial charge is 0.325 e. The van der Waals surface area contributed by atoms with Gasteiger partial charge < -0.3 is 9.26 Å². The van der Waals surface area contributed by atoms with Crippen LogP contribution in [0.2, 0.25) is 0 Å². The average Bonchev–Trinajstić information content (AvgIpc) is 3.03. The van der Waals surface area contributed by atoms with Crippen molar-refractivity contribution < 1.29 is 18.4 Å². The first-order valence-electron chi connectivity index (χ1n) is 7.32. The molecule has 0 aliphatic rings. The number of methoxy groups -OCH3 is 1. The average molecular weight is 321 g/mol. The van der Waals surface area contributed by atoms with E-state index in [0.29, 0.717) is 29.3 Å². The Balaban J connectivity index is 2.10. The van der Waals surface area contributed by atoms with Crippen LogP contribution in [0.15, 0.2) is 22.7 Å². The molecule has 1 atom stereocenters. The Morgan fingerprint density at radius 2 is 2.22 bits per heavy atom. The third-order valence-electron chi connectivity index (χ3n) is 3.87. The van der Waals surface area contributed by atoms with Gasteiger partial charge in [-0.05, 0) is 31.9 Å². The van der Waals surface area contributed by atoms with Crippen LogP contribution in [0.25, 0.3) is 11.4 Å². The molecule has 0 saturated heterocycles. The summed E-state index contributed by atoms with van der Waals surface area (Å²) in [6, 6.07) is 4.75. The van der Waals surface area contributed by atoms with Crippen molar-refractivity contribution in [1.29, 1.82) is 0 Å². The van der Waals surface area contributed by atoms with E-state index in [2.05, 4.69) is 15.5 Å². The van der Waals surface area contributed by atoms with Crippen molar-refractivity contribution >= 4 is 5.97 Å². The molecule has 0 aliphatic heterocycles. The molecule has 1 heterocycles. The number of carbonyl (C=O) groups is 1. The molecule has 7 heteroatoms. The lowest BCUT2D eigenvalue weighted by molar-refractivity contribution is -0.148. The van der Waals surface area contributed by atoms with Gasteiger partial charge in [0.2, 0.25) is 11.7 Å². The third kappa shape index (κ3) is 3.73. The number of nitrogens with one attached hydrogen (secondary N) is 1. The molecule has 1 aromatic heterocycles. The number of ether oxygens (including phenoxy) is 1. The first kappa shape index (κ1) is 17.1. The molecule has 6 nitrogen and oxygen atoms in total. The molecule has 1 aromatic carbocycles. The summed E-state index contributed by atoms with van der Waals surface area (Å²) in [5, 5.41) is 6.89. The van der Waals surface area contributed by atoms with Crippen LogP contribution in [0.3, 0.4) is 0 Å². The first-order chi connectivity index (χ1) is 10.9. The number of carbonyl (C=O) groups excluding carboxylic acids is 1. The zero-order valence-electron chi connectivity index (χ0n) is 13.6. The number of benzene rings is 1. The van der Waals surface area contributed by atoms with Crippen molar-refractivity contribution in [3.05, 3.63) is 35.5 Å². The van der Waals surface area contributed by atoms with Gasteiger partial charge in [0.15, 0.2) is 0 Å². The molecule has 0 radical (unpaired) electrons. The lowest BCUT2D eigenvalue weighted by Crippen LogP contribution is -2.49. The van der Waals surface area contributed by atoms with Crippen LogP contribution in [-0.4, -0.2) is 28.8 Å². The molecule has 0 aliphatic carbocycles. The fraction of sp³-hybridized carbons (Fsp3) is 0.438. The van der Waals surface area contributed by atoms with Crippen LogP contribution >= 0.6 is 0 Å². The Morgan fingerprint density at radius 3 is 2.83 bits per heavy atom. The van der Waals surface area contributed by atoms with Crippen LogP contribution in [0.5, 0.6) is 0 Å². The number of nitrogens with zero attached hydrogens (tertiary/aromatic N) is 2. The number of aromatic nitrogens is 2. The Morgan fingerprint density at radius 1 is 1.48 bits per heavy atom. The van der Waals surface area contributed by atoms with Gasteiger partial charge in [-0.2, -0.15) is 4.98 Å². The highest BCUT2D eigenvalue weighted by molar-refractivity contribution is 5.80. The molecular weight excluding hydrogens is 301 g/mol. The van der Waals surface area contributed by atoms with Crippen molar-refractivity contribution in [2.45, 2.75) is 39.3 Å². The van der Waals surface area contributed by atoms with Crippen molar-refractivity contribution in [2.75, 3.05) is 7.11 Å². The summed E-state index contributed by atoms with van der Waals surface area (Å²) in [5.74, 6) is -0.0712. The van der Waals surface area contributed by atoms with Crippen molar-refractivity contribution in [3.8, 4) is 11.4 Å². The second kappa shape index (κ2) is 6.87. The van der Waals surface area contributed by atoms with Crippen LogP contribution in [0.1, 0.15) is 31.7 Å². The van der Waals surface area contributed by atoms with Gasteiger partial charge >= 0.3 is 5.97 Å². The number of esters is 1. The molecule has 0 bridgehead atoms. The first-order valence-corrected chi connectivity index (χ1v) is 7.32. The second-order valence-electron chi connectivity index (χ2n) is 5.51. The summed E-state index contributed by atoms with van der Waals surface area (Å²) in [6.07, 6.45) is 0.545. The van der Waals surface area contributed by atoms with E-state index in [0.717, 1.165) is 0 Å². The standard InChI is InChI=1S/C16H20FN3O3/c1-5-16(3,15(21)22-4)18-9-13-19-14(20-23-13)11-7-6-10(2)12(17)8-11/h6-8,18H,5,9H2,1-4H3/t16-/m1/s1. The normalized spacial score (nSPS) is 13.6. The Labute approximate surface area is 134 Å². The van der Waals surface area contributed by atoms with Gasteiger partial charge in [-0.3, -0.25) is 10.1 Å². The summed E-state index contributed by atoms with van der Waals surface area (Å²) < 4.78 is 23.5. The van der Waals surface area contributed by atoms with Crippen molar-refractivity contribution in [2.24, 2.45) is 0 Å². The Kier molecular flexibility index (Phi) is 5.10. The maximum atomic E-state index is 13.6. The SMILES string of the molecule is CC[C@@](C)(NCc1nc(-c2ccc(C)c(F)c2)no1)C(=O)OC. The highest BCUT2D eigenvalue weighted by Crippen LogP contribution is 2.19. The molecule has 0 fully saturated rings. The van der Waals surface area contributed by atoms with Gasteiger partial charge in [-0.25, -0.2) is 4.39 Å². The largest absolute Gasteiger partial charge is 0.468 e. The number of rotatable bonds is 6. The molecular formula is C16H20FN3O3. The maximum absolute atomic E-state index is 13.6. The summed E-state index contributed by atoms with van der Waals surface area (Å²) in [5.41, 5.74) is 0.254. The minimum Gasteiger partial charge on any atom is -0.468 e. The van der Waals surface area contributed by atoms with Crippen molar-refractivity contribution in [3.63, 3.8) is 0 Å². The van der Waals surface area contributed by atoms with Gasteiger partial charge in [-0.15, -0.1) is 0 Å². The quantitative estimate of drug-likeness (QED) is 0.824. The van der Waals surface area contributed by atoms with Gasteiger partial charge in [0.1, 0.15) is 11.4 Å². The zero-order valence-corrected chi connectivity index (χ0v) is 13.6. The van der Waals surface area contributed by atoms with Crippen molar-refractivity contribution in [1.82, 2.24) is 15.5 Å². The molecule has 2 rings (SSSR count). The highest BCUT2D eigenvalue weighted by atomic mass is 19.1.